The standard InChI is InChI=1S/C14H21NO2/c1-8-10(14(2,3)4)7-6-9-11(8)13(17)15(5)12(9)16/h8,10H,6-7H2,1-5H3. The van der Waals surface area contributed by atoms with E-state index >= 15 is 0 Å². The van der Waals surface area contributed by atoms with Crippen LogP contribution >= 0.6 is 0 Å². The summed E-state index contributed by atoms with van der Waals surface area (Å²) in [5.41, 5.74) is 1.73. The van der Waals surface area contributed by atoms with E-state index in [1.165, 1.54) is 4.90 Å². The summed E-state index contributed by atoms with van der Waals surface area (Å²) in [7, 11) is 1.59. The van der Waals surface area contributed by atoms with E-state index < -0.39 is 0 Å². The number of likely N-dealkylation sites (N-methyl/N-ethyl adjacent to an activating group) is 1. The SMILES string of the molecule is CC1C2=C(CCC1C(C)(C)C)C(=O)N(C)C2=O. The van der Waals surface area contributed by atoms with Gasteiger partial charge in [-0.2, -0.15) is 0 Å². The van der Waals surface area contributed by atoms with Gasteiger partial charge in [0.1, 0.15) is 0 Å². The van der Waals surface area contributed by atoms with Crippen molar-refractivity contribution < 1.29 is 9.59 Å². The molecule has 0 radical (unpaired) electrons. The van der Waals surface area contributed by atoms with Crippen molar-refractivity contribution in [2.45, 2.75) is 40.5 Å². The maximum absolute atomic E-state index is 12.1. The van der Waals surface area contributed by atoms with Crippen molar-refractivity contribution in [3.8, 4) is 0 Å². The highest BCUT2D eigenvalue weighted by Crippen LogP contribution is 2.46. The van der Waals surface area contributed by atoms with Crippen LogP contribution in [-0.4, -0.2) is 23.8 Å². The highest BCUT2D eigenvalue weighted by molar-refractivity contribution is 6.19. The normalized spacial score (nSPS) is 30.1. The van der Waals surface area contributed by atoms with Gasteiger partial charge in [0.05, 0.1) is 0 Å². The molecule has 0 aromatic carbocycles. The fourth-order valence-electron chi connectivity index (χ4n) is 3.36. The van der Waals surface area contributed by atoms with E-state index in [9.17, 15) is 9.59 Å². The number of hydrogen-bond donors (Lipinski definition) is 0. The summed E-state index contributed by atoms with van der Waals surface area (Å²) in [5.74, 6) is 0.514. The minimum atomic E-state index is -0.0794. The fourth-order valence-corrected chi connectivity index (χ4v) is 3.36. The number of carbonyl (C=O) groups is 2. The van der Waals surface area contributed by atoms with Crippen molar-refractivity contribution in [1.29, 1.82) is 0 Å². The Labute approximate surface area is 103 Å². The molecule has 3 nitrogen and oxygen atoms in total. The maximum Gasteiger partial charge on any atom is 0.257 e. The van der Waals surface area contributed by atoms with Crippen molar-refractivity contribution in [2.24, 2.45) is 17.3 Å². The van der Waals surface area contributed by atoms with Gasteiger partial charge in [0, 0.05) is 18.2 Å². The first-order valence-electron chi connectivity index (χ1n) is 6.30. The van der Waals surface area contributed by atoms with Gasteiger partial charge in [0.15, 0.2) is 0 Å². The Hall–Kier alpha value is -1.12. The molecule has 94 valence electrons. The number of carbonyl (C=O) groups excluding carboxylic acids is 2. The lowest BCUT2D eigenvalue weighted by atomic mass is 9.65. The van der Waals surface area contributed by atoms with Crippen molar-refractivity contribution in [3.63, 3.8) is 0 Å². The van der Waals surface area contributed by atoms with Gasteiger partial charge in [-0.05, 0) is 30.1 Å². The lowest BCUT2D eigenvalue weighted by molar-refractivity contribution is -0.136. The van der Waals surface area contributed by atoms with Gasteiger partial charge in [-0.15, -0.1) is 0 Å². The van der Waals surface area contributed by atoms with E-state index in [4.69, 9.17) is 0 Å². The van der Waals surface area contributed by atoms with Gasteiger partial charge < -0.3 is 0 Å². The third kappa shape index (κ3) is 1.72. The molecule has 2 rings (SSSR count). The van der Waals surface area contributed by atoms with E-state index in [0.717, 1.165) is 24.0 Å². The number of amides is 2. The minimum Gasteiger partial charge on any atom is -0.278 e. The molecule has 0 aromatic heterocycles. The van der Waals surface area contributed by atoms with E-state index in [2.05, 4.69) is 27.7 Å². The van der Waals surface area contributed by atoms with Crippen molar-refractivity contribution in [1.82, 2.24) is 4.90 Å². The first-order chi connectivity index (χ1) is 7.75. The third-order valence-electron chi connectivity index (χ3n) is 4.30. The average Bonchev–Trinajstić information content (AvgIpc) is 2.43. The van der Waals surface area contributed by atoms with Crippen LogP contribution in [0.4, 0.5) is 0 Å². The Morgan fingerprint density at radius 2 is 1.76 bits per heavy atom. The molecule has 0 spiro atoms. The predicted octanol–water partition coefficient (Wildman–Crippen LogP) is 2.37. The van der Waals surface area contributed by atoms with E-state index in [-0.39, 0.29) is 23.1 Å². The van der Waals surface area contributed by atoms with Gasteiger partial charge in [-0.1, -0.05) is 27.7 Å². The molecular formula is C14H21NO2. The Bertz CT molecular complexity index is 414. The van der Waals surface area contributed by atoms with Gasteiger partial charge in [0.25, 0.3) is 11.8 Å². The Morgan fingerprint density at radius 3 is 2.29 bits per heavy atom. The molecule has 2 unspecified atom stereocenters. The summed E-state index contributed by atoms with van der Waals surface area (Å²) < 4.78 is 0. The molecule has 2 atom stereocenters. The Kier molecular flexibility index (Phi) is 2.68. The van der Waals surface area contributed by atoms with Crippen LogP contribution < -0.4 is 0 Å². The van der Waals surface area contributed by atoms with Gasteiger partial charge >= 0.3 is 0 Å². The molecule has 0 saturated carbocycles. The molecule has 17 heavy (non-hydrogen) atoms. The summed E-state index contributed by atoms with van der Waals surface area (Å²) in [6.45, 7) is 8.73. The molecule has 0 N–H and O–H groups in total. The van der Waals surface area contributed by atoms with Crippen LogP contribution in [0.15, 0.2) is 11.1 Å². The van der Waals surface area contributed by atoms with E-state index in [1.807, 2.05) is 0 Å². The summed E-state index contributed by atoms with van der Waals surface area (Å²) in [6.07, 6.45) is 1.77. The molecule has 3 heteroatoms. The monoisotopic (exact) mass is 235 g/mol. The molecule has 1 aliphatic carbocycles. The lowest BCUT2D eigenvalue weighted by Gasteiger charge is -2.38. The van der Waals surface area contributed by atoms with Crippen molar-refractivity contribution in [2.75, 3.05) is 7.05 Å². The summed E-state index contributed by atoms with van der Waals surface area (Å²) in [5, 5.41) is 0. The van der Waals surface area contributed by atoms with Crippen LogP contribution in [0, 0.1) is 17.3 Å². The van der Waals surface area contributed by atoms with Gasteiger partial charge in [-0.25, -0.2) is 0 Å². The van der Waals surface area contributed by atoms with Crippen molar-refractivity contribution in [3.05, 3.63) is 11.1 Å². The zero-order valence-corrected chi connectivity index (χ0v) is 11.3. The first-order valence-corrected chi connectivity index (χ1v) is 6.30. The molecule has 2 amide bonds. The smallest absolute Gasteiger partial charge is 0.257 e. The lowest BCUT2D eigenvalue weighted by Crippen LogP contribution is -2.33. The molecule has 0 bridgehead atoms. The largest absolute Gasteiger partial charge is 0.278 e. The highest BCUT2D eigenvalue weighted by atomic mass is 16.2. The maximum atomic E-state index is 12.1. The molecule has 2 aliphatic rings. The average molecular weight is 235 g/mol. The zero-order valence-electron chi connectivity index (χ0n) is 11.3. The zero-order chi connectivity index (χ0) is 13.0. The predicted molar refractivity (Wildman–Crippen MR) is 66.1 cm³/mol. The number of nitrogens with zero attached hydrogens (tertiary/aromatic N) is 1. The van der Waals surface area contributed by atoms with Crippen LogP contribution in [0.3, 0.4) is 0 Å². The number of hydrogen-bond acceptors (Lipinski definition) is 2. The third-order valence-corrected chi connectivity index (χ3v) is 4.30. The summed E-state index contributed by atoms with van der Waals surface area (Å²) in [6, 6.07) is 0. The van der Waals surface area contributed by atoms with Crippen LogP contribution in [0.25, 0.3) is 0 Å². The second-order valence-electron chi connectivity index (χ2n) is 6.36. The van der Waals surface area contributed by atoms with E-state index in [1.54, 1.807) is 7.05 Å². The second-order valence-corrected chi connectivity index (χ2v) is 6.36. The van der Waals surface area contributed by atoms with Crippen LogP contribution in [0.5, 0.6) is 0 Å². The Balaban J connectivity index is 2.39. The highest BCUT2D eigenvalue weighted by Gasteiger charge is 2.45. The number of imide groups is 1. The van der Waals surface area contributed by atoms with Crippen LogP contribution in [0.2, 0.25) is 0 Å². The summed E-state index contributed by atoms with van der Waals surface area (Å²) >= 11 is 0. The molecule has 1 heterocycles. The van der Waals surface area contributed by atoms with Crippen LogP contribution in [0.1, 0.15) is 40.5 Å². The number of rotatable bonds is 0. The van der Waals surface area contributed by atoms with Crippen molar-refractivity contribution >= 4 is 11.8 Å². The molecular weight excluding hydrogens is 214 g/mol. The minimum absolute atomic E-state index is 0.0774. The molecule has 1 aliphatic heterocycles. The van der Waals surface area contributed by atoms with Crippen LogP contribution in [-0.2, 0) is 9.59 Å². The fraction of sp³-hybridized carbons (Fsp3) is 0.714. The Morgan fingerprint density at radius 1 is 1.18 bits per heavy atom. The van der Waals surface area contributed by atoms with Gasteiger partial charge in [-0.3, -0.25) is 14.5 Å². The van der Waals surface area contributed by atoms with E-state index in [0.29, 0.717) is 5.92 Å². The van der Waals surface area contributed by atoms with Gasteiger partial charge in [0.2, 0.25) is 0 Å². The topological polar surface area (TPSA) is 37.4 Å². The molecule has 0 fully saturated rings. The second kappa shape index (κ2) is 3.69. The first kappa shape index (κ1) is 12.3. The summed E-state index contributed by atoms with van der Waals surface area (Å²) in [4.78, 5) is 25.2. The molecule has 0 saturated heterocycles. The quantitative estimate of drug-likeness (QED) is 0.604. The molecule has 0 aromatic rings.